The van der Waals surface area contributed by atoms with Crippen molar-refractivity contribution in [2.24, 2.45) is 5.92 Å². The van der Waals surface area contributed by atoms with Crippen LogP contribution in [0.3, 0.4) is 0 Å². The number of ether oxygens (including phenoxy) is 1. The maximum atomic E-state index is 11.6. The van der Waals surface area contributed by atoms with Crippen molar-refractivity contribution in [3.63, 3.8) is 0 Å². The highest BCUT2D eigenvalue weighted by atomic mass is 16.5. The SMILES string of the molecule is CC[C@@H](C)COC(=O)c1ccccc1N. The van der Waals surface area contributed by atoms with Crippen molar-refractivity contribution in [1.82, 2.24) is 0 Å². The first-order valence-corrected chi connectivity index (χ1v) is 5.16. The number of nitrogen functional groups attached to an aromatic ring is 1. The van der Waals surface area contributed by atoms with Gasteiger partial charge in [-0.05, 0) is 18.1 Å². The minimum Gasteiger partial charge on any atom is -0.462 e. The van der Waals surface area contributed by atoms with Crippen molar-refractivity contribution in [2.45, 2.75) is 20.3 Å². The first kappa shape index (κ1) is 11.6. The number of benzene rings is 1. The van der Waals surface area contributed by atoms with Crippen LogP contribution in [0.15, 0.2) is 24.3 Å². The number of nitrogens with two attached hydrogens (primary N) is 1. The van der Waals surface area contributed by atoms with Gasteiger partial charge in [-0.15, -0.1) is 0 Å². The quantitative estimate of drug-likeness (QED) is 0.609. The third-order valence-electron chi connectivity index (χ3n) is 2.38. The molecule has 1 aromatic carbocycles. The smallest absolute Gasteiger partial charge is 0.340 e. The molecule has 0 aromatic heterocycles. The van der Waals surface area contributed by atoms with Gasteiger partial charge in [-0.1, -0.05) is 32.4 Å². The summed E-state index contributed by atoms with van der Waals surface area (Å²) >= 11 is 0. The van der Waals surface area contributed by atoms with Crippen LogP contribution in [0.25, 0.3) is 0 Å². The summed E-state index contributed by atoms with van der Waals surface area (Å²) in [4.78, 5) is 11.6. The zero-order chi connectivity index (χ0) is 11.3. The highest BCUT2D eigenvalue weighted by Gasteiger charge is 2.11. The molecule has 0 aliphatic rings. The molecule has 0 fully saturated rings. The van der Waals surface area contributed by atoms with Gasteiger partial charge in [0.2, 0.25) is 0 Å². The lowest BCUT2D eigenvalue weighted by molar-refractivity contribution is 0.0448. The summed E-state index contributed by atoms with van der Waals surface area (Å²) in [5.41, 5.74) is 6.57. The summed E-state index contributed by atoms with van der Waals surface area (Å²) < 4.78 is 5.14. The van der Waals surface area contributed by atoms with Crippen molar-refractivity contribution in [2.75, 3.05) is 12.3 Å². The normalized spacial score (nSPS) is 12.1. The van der Waals surface area contributed by atoms with Gasteiger partial charge in [-0.2, -0.15) is 0 Å². The molecule has 3 heteroatoms. The summed E-state index contributed by atoms with van der Waals surface area (Å²) in [6.45, 7) is 4.56. The molecule has 1 atom stereocenters. The number of esters is 1. The average Bonchev–Trinajstić information content (AvgIpc) is 2.26. The van der Waals surface area contributed by atoms with Gasteiger partial charge in [-0.25, -0.2) is 4.79 Å². The van der Waals surface area contributed by atoms with Gasteiger partial charge in [0.25, 0.3) is 0 Å². The molecule has 0 heterocycles. The molecule has 0 saturated heterocycles. The number of para-hydroxylation sites is 1. The molecule has 82 valence electrons. The Morgan fingerprint density at radius 2 is 2.13 bits per heavy atom. The Hall–Kier alpha value is -1.51. The van der Waals surface area contributed by atoms with Crippen LogP contribution < -0.4 is 5.73 Å². The Morgan fingerprint density at radius 1 is 1.47 bits per heavy atom. The van der Waals surface area contributed by atoms with Gasteiger partial charge < -0.3 is 10.5 Å². The molecule has 0 spiro atoms. The zero-order valence-electron chi connectivity index (χ0n) is 9.19. The lowest BCUT2D eigenvalue weighted by atomic mass is 10.1. The maximum absolute atomic E-state index is 11.6. The fourth-order valence-corrected chi connectivity index (χ4v) is 1.10. The second kappa shape index (κ2) is 5.39. The number of hydrogen-bond acceptors (Lipinski definition) is 3. The van der Waals surface area contributed by atoms with E-state index in [1.54, 1.807) is 24.3 Å². The van der Waals surface area contributed by atoms with Crippen LogP contribution >= 0.6 is 0 Å². The Labute approximate surface area is 90.2 Å². The fourth-order valence-electron chi connectivity index (χ4n) is 1.10. The zero-order valence-corrected chi connectivity index (χ0v) is 9.19. The highest BCUT2D eigenvalue weighted by Crippen LogP contribution is 2.12. The van der Waals surface area contributed by atoms with Gasteiger partial charge >= 0.3 is 5.97 Å². The number of hydrogen-bond donors (Lipinski definition) is 1. The van der Waals surface area contributed by atoms with Crippen LogP contribution in [0, 0.1) is 5.92 Å². The van der Waals surface area contributed by atoms with E-state index in [9.17, 15) is 4.79 Å². The number of anilines is 1. The molecule has 0 amide bonds. The minimum absolute atomic E-state index is 0.339. The van der Waals surface area contributed by atoms with E-state index in [1.165, 1.54) is 0 Å². The van der Waals surface area contributed by atoms with Crippen molar-refractivity contribution in [3.8, 4) is 0 Å². The largest absolute Gasteiger partial charge is 0.462 e. The van der Waals surface area contributed by atoms with E-state index in [-0.39, 0.29) is 5.97 Å². The summed E-state index contributed by atoms with van der Waals surface area (Å²) in [7, 11) is 0. The van der Waals surface area contributed by atoms with E-state index in [0.29, 0.717) is 23.8 Å². The molecule has 0 radical (unpaired) electrons. The van der Waals surface area contributed by atoms with Gasteiger partial charge in [0.15, 0.2) is 0 Å². The van der Waals surface area contributed by atoms with E-state index in [2.05, 4.69) is 6.92 Å². The Balaban J connectivity index is 2.58. The van der Waals surface area contributed by atoms with Gasteiger partial charge in [-0.3, -0.25) is 0 Å². The molecule has 0 aliphatic heterocycles. The van der Waals surface area contributed by atoms with Crippen molar-refractivity contribution < 1.29 is 9.53 Å². The number of carbonyl (C=O) groups excluding carboxylic acids is 1. The Morgan fingerprint density at radius 3 is 2.73 bits per heavy atom. The topological polar surface area (TPSA) is 52.3 Å². The monoisotopic (exact) mass is 207 g/mol. The van der Waals surface area contributed by atoms with Gasteiger partial charge in [0.05, 0.1) is 12.2 Å². The number of carbonyl (C=O) groups is 1. The fraction of sp³-hybridized carbons (Fsp3) is 0.417. The molecule has 0 aliphatic carbocycles. The Kier molecular flexibility index (Phi) is 4.16. The molecule has 0 saturated carbocycles. The summed E-state index contributed by atoms with van der Waals surface area (Å²) in [6, 6.07) is 6.94. The predicted octanol–water partition coefficient (Wildman–Crippen LogP) is 2.47. The van der Waals surface area contributed by atoms with Crippen molar-refractivity contribution >= 4 is 11.7 Å². The Bertz CT molecular complexity index is 336. The van der Waals surface area contributed by atoms with Gasteiger partial charge in [0, 0.05) is 5.69 Å². The van der Waals surface area contributed by atoms with E-state index in [1.807, 2.05) is 6.92 Å². The molecule has 15 heavy (non-hydrogen) atoms. The maximum Gasteiger partial charge on any atom is 0.340 e. The summed E-state index contributed by atoms with van der Waals surface area (Å²) in [5, 5.41) is 0. The lowest BCUT2D eigenvalue weighted by Gasteiger charge is -2.10. The standard InChI is InChI=1S/C12H17NO2/c1-3-9(2)8-15-12(14)10-6-4-5-7-11(10)13/h4-7,9H,3,8,13H2,1-2H3/t9-/m1/s1. The minimum atomic E-state index is -0.339. The molecule has 2 N–H and O–H groups in total. The van der Waals surface area contributed by atoms with Gasteiger partial charge in [0.1, 0.15) is 0 Å². The average molecular weight is 207 g/mol. The first-order chi connectivity index (χ1) is 7.15. The molecule has 0 bridgehead atoms. The van der Waals surface area contributed by atoms with Crippen molar-refractivity contribution in [1.29, 1.82) is 0 Å². The van der Waals surface area contributed by atoms with E-state index in [0.717, 1.165) is 6.42 Å². The molecular weight excluding hydrogens is 190 g/mol. The third-order valence-corrected chi connectivity index (χ3v) is 2.38. The van der Waals surface area contributed by atoms with Crippen LogP contribution in [0.1, 0.15) is 30.6 Å². The second-order valence-corrected chi connectivity index (χ2v) is 3.70. The van der Waals surface area contributed by atoms with Crippen LogP contribution in [0.4, 0.5) is 5.69 Å². The molecular formula is C12H17NO2. The molecule has 1 rings (SSSR count). The first-order valence-electron chi connectivity index (χ1n) is 5.16. The summed E-state index contributed by atoms with van der Waals surface area (Å²) in [5.74, 6) is 0.0484. The summed E-state index contributed by atoms with van der Waals surface area (Å²) in [6.07, 6.45) is 0.998. The molecule has 0 unspecified atom stereocenters. The lowest BCUT2D eigenvalue weighted by Crippen LogP contribution is -2.13. The van der Waals surface area contributed by atoms with Crippen LogP contribution in [-0.2, 0) is 4.74 Å². The van der Waals surface area contributed by atoms with E-state index >= 15 is 0 Å². The third kappa shape index (κ3) is 3.27. The number of rotatable bonds is 4. The van der Waals surface area contributed by atoms with E-state index in [4.69, 9.17) is 10.5 Å². The predicted molar refractivity (Wildman–Crippen MR) is 60.6 cm³/mol. The highest BCUT2D eigenvalue weighted by molar-refractivity contribution is 5.94. The van der Waals surface area contributed by atoms with Crippen LogP contribution in [0.2, 0.25) is 0 Å². The van der Waals surface area contributed by atoms with E-state index < -0.39 is 0 Å². The second-order valence-electron chi connectivity index (χ2n) is 3.70. The van der Waals surface area contributed by atoms with Crippen LogP contribution in [-0.4, -0.2) is 12.6 Å². The van der Waals surface area contributed by atoms with Crippen molar-refractivity contribution in [3.05, 3.63) is 29.8 Å². The molecule has 3 nitrogen and oxygen atoms in total. The van der Waals surface area contributed by atoms with Crippen LogP contribution in [0.5, 0.6) is 0 Å². The molecule has 1 aromatic rings.